The molecule has 0 radical (unpaired) electrons. The number of piperidine rings is 2. The van der Waals surface area contributed by atoms with E-state index in [1.165, 1.54) is 4.90 Å². The molecule has 4 amide bonds. The number of H-pyrrole nitrogens is 1. The fraction of sp³-hybridized carbons (Fsp3) is 0.345. The monoisotopic (exact) mass is 527 g/mol. The minimum Gasteiger partial charge on any atom is -0.491 e. The molecule has 0 aliphatic carbocycles. The van der Waals surface area contributed by atoms with E-state index in [4.69, 9.17) is 4.74 Å². The van der Waals surface area contributed by atoms with Gasteiger partial charge in [0.2, 0.25) is 11.8 Å². The van der Waals surface area contributed by atoms with Crippen LogP contribution in [0.3, 0.4) is 0 Å². The maximum absolute atomic E-state index is 13.4. The number of hydrogen-bond acceptors (Lipinski definition) is 6. The molecule has 10 nitrogen and oxygen atoms in total. The maximum atomic E-state index is 13.4. The third-order valence-electron chi connectivity index (χ3n) is 7.73. The molecule has 200 valence electrons. The SMILES string of the molecule is O=C1CCC(N2Cc3cc(OC[C@H]4CCCCN4C(=O)c4ccc(-c5ncc[nH]5)cc4)ccc3C2=O)C(=O)N1. The van der Waals surface area contributed by atoms with Crippen molar-refractivity contribution >= 4 is 23.6 Å². The Bertz CT molecular complexity index is 1420. The van der Waals surface area contributed by atoms with Gasteiger partial charge < -0.3 is 19.5 Å². The van der Waals surface area contributed by atoms with Crippen LogP contribution in [0, 0.1) is 0 Å². The molecular weight excluding hydrogens is 498 g/mol. The van der Waals surface area contributed by atoms with Gasteiger partial charge >= 0.3 is 0 Å². The predicted molar refractivity (Wildman–Crippen MR) is 141 cm³/mol. The van der Waals surface area contributed by atoms with Crippen LogP contribution in [0.25, 0.3) is 11.4 Å². The van der Waals surface area contributed by atoms with Crippen LogP contribution in [0.15, 0.2) is 54.9 Å². The maximum Gasteiger partial charge on any atom is 0.255 e. The molecule has 10 heteroatoms. The van der Waals surface area contributed by atoms with E-state index in [9.17, 15) is 19.2 Å². The van der Waals surface area contributed by atoms with E-state index >= 15 is 0 Å². The predicted octanol–water partition coefficient (Wildman–Crippen LogP) is 2.91. The lowest BCUT2D eigenvalue weighted by atomic mass is 10.0. The van der Waals surface area contributed by atoms with Gasteiger partial charge in [-0.1, -0.05) is 12.1 Å². The number of hydrogen-bond donors (Lipinski definition) is 2. The van der Waals surface area contributed by atoms with Gasteiger partial charge in [0.15, 0.2) is 0 Å². The van der Waals surface area contributed by atoms with Gasteiger partial charge in [-0.15, -0.1) is 0 Å². The molecule has 3 aliphatic heterocycles. The molecule has 6 rings (SSSR count). The van der Waals surface area contributed by atoms with Crippen LogP contribution in [0.5, 0.6) is 5.75 Å². The average molecular weight is 528 g/mol. The van der Waals surface area contributed by atoms with Crippen LogP contribution in [0.2, 0.25) is 0 Å². The molecule has 3 aliphatic rings. The molecule has 4 heterocycles. The summed E-state index contributed by atoms with van der Waals surface area (Å²) in [6, 6.07) is 12.1. The summed E-state index contributed by atoms with van der Waals surface area (Å²) >= 11 is 0. The first kappa shape index (κ1) is 24.8. The van der Waals surface area contributed by atoms with Crippen molar-refractivity contribution in [1.29, 1.82) is 0 Å². The molecule has 2 saturated heterocycles. The van der Waals surface area contributed by atoms with Gasteiger partial charge in [-0.3, -0.25) is 24.5 Å². The molecular formula is C29H29N5O5. The summed E-state index contributed by atoms with van der Waals surface area (Å²) in [4.78, 5) is 60.9. The highest BCUT2D eigenvalue weighted by Crippen LogP contribution is 2.31. The molecule has 2 atom stereocenters. The fourth-order valence-corrected chi connectivity index (χ4v) is 5.63. The van der Waals surface area contributed by atoms with E-state index < -0.39 is 11.9 Å². The number of carbonyl (C=O) groups excluding carboxylic acids is 4. The second-order valence-electron chi connectivity index (χ2n) is 10.2. The Labute approximate surface area is 225 Å². The third kappa shape index (κ3) is 4.89. The normalized spacial score (nSPS) is 21.1. The van der Waals surface area contributed by atoms with Gasteiger partial charge in [-0.25, -0.2) is 4.98 Å². The van der Waals surface area contributed by atoms with Crippen molar-refractivity contribution < 1.29 is 23.9 Å². The molecule has 39 heavy (non-hydrogen) atoms. The number of nitrogens with zero attached hydrogens (tertiary/aromatic N) is 3. The van der Waals surface area contributed by atoms with Crippen molar-refractivity contribution in [3.05, 3.63) is 71.5 Å². The summed E-state index contributed by atoms with van der Waals surface area (Å²) < 4.78 is 6.15. The van der Waals surface area contributed by atoms with Gasteiger partial charge in [0, 0.05) is 48.6 Å². The zero-order valence-electron chi connectivity index (χ0n) is 21.4. The first-order valence-electron chi connectivity index (χ1n) is 13.3. The van der Waals surface area contributed by atoms with Crippen LogP contribution in [0.4, 0.5) is 0 Å². The standard InChI is InChI=1S/C29H29N5O5/c35-25-11-10-24(27(36)32-25)34-16-20-15-22(8-9-23(20)29(34)38)39-17-21-3-1-2-14-33(21)28(37)19-6-4-18(5-7-19)26-30-12-13-31-26/h4-9,12-13,15,21,24H,1-3,10-11,14,16-17H2,(H,30,31)(H,32,35,36)/t21-,24?/m1/s1. The number of imide groups is 1. The van der Waals surface area contributed by atoms with Crippen molar-refractivity contribution in [3.8, 4) is 17.1 Å². The van der Waals surface area contributed by atoms with E-state index in [0.717, 1.165) is 36.2 Å². The van der Waals surface area contributed by atoms with Crippen LogP contribution in [-0.4, -0.2) is 68.6 Å². The second kappa shape index (κ2) is 10.4. The molecule has 0 bridgehead atoms. The largest absolute Gasteiger partial charge is 0.491 e. The summed E-state index contributed by atoms with van der Waals surface area (Å²) in [7, 11) is 0. The lowest BCUT2D eigenvalue weighted by Gasteiger charge is -2.35. The number of carbonyl (C=O) groups is 4. The van der Waals surface area contributed by atoms with Crippen molar-refractivity contribution in [1.82, 2.24) is 25.1 Å². The van der Waals surface area contributed by atoms with E-state index in [1.807, 2.05) is 35.2 Å². The highest BCUT2D eigenvalue weighted by molar-refractivity contribution is 6.05. The van der Waals surface area contributed by atoms with Crippen molar-refractivity contribution in [2.75, 3.05) is 13.2 Å². The number of rotatable bonds is 6. The first-order chi connectivity index (χ1) is 19.0. The summed E-state index contributed by atoms with van der Waals surface area (Å²) in [6.45, 7) is 1.31. The first-order valence-corrected chi connectivity index (χ1v) is 13.3. The number of fused-ring (bicyclic) bond motifs is 1. The number of benzene rings is 2. The Hall–Kier alpha value is -4.47. The summed E-state index contributed by atoms with van der Waals surface area (Å²) in [6.07, 6.45) is 6.82. The van der Waals surface area contributed by atoms with E-state index in [-0.39, 0.29) is 30.2 Å². The molecule has 2 fully saturated rings. The highest BCUT2D eigenvalue weighted by atomic mass is 16.5. The van der Waals surface area contributed by atoms with Gasteiger partial charge in [0.05, 0.1) is 6.04 Å². The summed E-state index contributed by atoms with van der Waals surface area (Å²) in [5, 5.41) is 2.32. The van der Waals surface area contributed by atoms with Crippen LogP contribution in [-0.2, 0) is 16.1 Å². The van der Waals surface area contributed by atoms with Crippen LogP contribution >= 0.6 is 0 Å². The Morgan fingerprint density at radius 2 is 1.90 bits per heavy atom. The summed E-state index contributed by atoms with van der Waals surface area (Å²) in [5.74, 6) is 0.405. The molecule has 2 N–H and O–H groups in total. The van der Waals surface area contributed by atoms with Crippen LogP contribution in [0.1, 0.15) is 58.4 Å². The van der Waals surface area contributed by atoms with Gasteiger partial charge in [-0.2, -0.15) is 0 Å². The van der Waals surface area contributed by atoms with Gasteiger partial charge in [-0.05, 0) is 61.6 Å². The number of ether oxygens (including phenoxy) is 1. The smallest absolute Gasteiger partial charge is 0.255 e. The number of aromatic amines is 1. The minimum atomic E-state index is -0.651. The Kier molecular flexibility index (Phi) is 6.60. The third-order valence-corrected chi connectivity index (χ3v) is 7.73. The Morgan fingerprint density at radius 3 is 2.67 bits per heavy atom. The highest BCUT2D eigenvalue weighted by Gasteiger charge is 2.39. The number of amides is 4. The lowest BCUT2D eigenvalue weighted by Crippen LogP contribution is -2.52. The zero-order valence-corrected chi connectivity index (χ0v) is 21.4. The molecule has 3 aromatic rings. The molecule has 2 aromatic carbocycles. The Balaban J connectivity index is 1.11. The second-order valence-corrected chi connectivity index (χ2v) is 10.2. The molecule has 0 spiro atoms. The number of nitrogens with one attached hydrogen (secondary N) is 2. The zero-order chi connectivity index (χ0) is 26.9. The molecule has 1 unspecified atom stereocenters. The fourth-order valence-electron chi connectivity index (χ4n) is 5.63. The van der Waals surface area contributed by atoms with Crippen molar-refractivity contribution in [2.45, 2.75) is 50.7 Å². The number of aromatic nitrogens is 2. The van der Waals surface area contributed by atoms with Gasteiger partial charge in [0.25, 0.3) is 11.8 Å². The average Bonchev–Trinajstić information content (AvgIpc) is 3.60. The Morgan fingerprint density at radius 1 is 1.05 bits per heavy atom. The molecule has 0 saturated carbocycles. The van der Waals surface area contributed by atoms with E-state index in [0.29, 0.717) is 43.0 Å². The van der Waals surface area contributed by atoms with Crippen molar-refractivity contribution in [2.24, 2.45) is 0 Å². The summed E-state index contributed by atoms with van der Waals surface area (Å²) in [5.41, 5.74) is 2.87. The minimum absolute atomic E-state index is 0.0197. The van der Waals surface area contributed by atoms with Gasteiger partial charge in [0.1, 0.15) is 24.2 Å². The number of imidazole rings is 1. The molecule has 1 aromatic heterocycles. The van der Waals surface area contributed by atoms with E-state index in [2.05, 4.69) is 15.3 Å². The van der Waals surface area contributed by atoms with E-state index in [1.54, 1.807) is 24.5 Å². The van der Waals surface area contributed by atoms with Crippen molar-refractivity contribution in [3.63, 3.8) is 0 Å². The lowest BCUT2D eigenvalue weighted by molar-refractivity contribution is -0.136. The quantitative estimate of drug-likeness (QED) is 0.475. The topological polar surface area (TPSA) is 125 Å². The van der Waals surface area contributed by atoms with Crippen LogP contribution < -0.4 is 10.1 Å². The number of likely N-dealkylation sites (tertiary alicyclic amines) is 1.